The van der Waals surface area contributed by atoms with Crippen molar-refractivity contribution in [3.8, 4) is 22.4 Å². The molecule has 0 unspecified atom stereocenters. The highest BCUT2D eigenvalue weighted by atomic mass is 16.1. The predicted octanol–water partition coefficient (Wildman–Crippen LogP) is 4.40. The van der Waals surface area contributed by atoms with Gasteiger partial charge in [0.05, 0.1) is 11.4 Å². The summed E-state index contributed by atoms with van der Waals surface area (Å²) in [6.45, 7) is 0. The number of anilines is 1. The van der Waals surface area contributed by atoms with Crippen LogP contribution in [0.1, 0.15) is 24.8 Å². The van der Waals surface area contributed by atoms with E-state index in [1.807, 2.05) is 30.3 Å². The van der Waals surface area contributed by atoms with E-state index in [4.69, 9.17) is 5.73 Å². The number of benzene rings is 2. The molecule has 0 saturated heterocycles. The third-order valence-corrected chi connectivity index (χ3v) is 4.69. The van der Waals surface area contributed by atoms with Gasteiger partial charge in [0.1, 0.15) is 0 Å². The fraction of sp³-hybridized carbons (Fsp3) is 0.143. The van der Waals surface area contributed by atoms with Gasteiger partial charge in [-0.3, -0.25) is 4.79 Å². The molecule has 4 rings (SSSR count). The zero-order valence-electron chi connectivity index (χ0n) is 13.4. The largest absolute Gasteiger partial charge is 0.394 e. The summed E-state index contributed by atoms with van der Waals surface area (Å²) < 4.78 is 0. The van der Waals surface area contributed by atoms with Gasteiger partial charge in [0, 0.05) is 11.5 Å². The van der Waals surface area contributed by atoms with Gasteiger partial charge in [-0.1, -0.05) is 61.0 Å². The van der Waals surface area contributed by atoms with Crippen LogP contribution in [-0.2, 0) is 0 Å². The number of aromatic amines is 1. The summed E-state index contributed by atoms with van der Waals surface area (Å²) in [5.41, 5.74) is 10.9. The lowest BCUT2D eigenvalue weighted by atomic mass is 9.80. The van der Waals surface area contributed by atoms with Gasteiger partial charge in [0.25, 0.3) is 5.56 Å². The Kier molecular flexibility index (Phi) is 3.69. The minimum absolute atomic E-state index is 0.235. The van der Waals surface area contributed by atoms with Gasteiger partial charge < -0.3 is 10.7 Å². The van der Waals surface area contributed by atoms with Crippen molar-refractivity contribution in [1.82, 2.24) is 4.98 Å². The molecule has 0 bridgehead atoms. The van der Waals surface area contributed by atoms with Gasteiger partial charge in [-0.05, 0) is 35.6 Å². The maximum Gasteiger partial charge on any atom is 0.271 e. The van der Waals surface area contributed by atoms with Gasteiger partial charge in [0.2, 0.25) is 0 Å². The van der Waals surface area contributed by atoms with Crippen LogP contribution in [0.3, 0.4) is 0 Å². The first-order chi connectivity index (χ1) is 11.7. The number of nitrogen functional groups attached to an aromatic ring is 1. The number of aromatic nitrogens is 1. The van der Waals surface area contributed by atoms with Crippen LogP contribution in [0.25, 0.3) is 22.4 Å². The van der Waals surface area contributed by atoms with Crippen molar-refractivity contribution in [3.05, 3.63) is 82.5 Å². The Bertz CT molecular complexity index is 907. The molecule has 3 N–H and O–H groups in total. The van der Waals surface area contributed by atoms with Gasteiger partial charge in [0.15, 0.2) is 0 Å². The molecule has 1 aliphatic rings. The summed E-state index contributed by atoms with van der Waals surface area (Å²) in [4.78, 5) is 15.0. The summed E-state index contributed by atoms with van der Waals surface area (Å²) in [5.74, 6) is 1.52. The normalized spacial score (nSPS) is 14.3. The zero-order valence-corrected chi connectivity index (χ0v) is 13.4. The second kappa shape index (κ2) is 6.00. The summed E-state index contributed by atoms with van der Waals surface area (Å²) >= 11 is 0. The molecule has 1 aliphatic carbocycles. The number of H-pyrrole nitrogens is 1. The summed E-state index contributed by atoms with van der Waals surface area (Å²) in [5, 5.41) is 0. The van der Waals surface area contributed by atoms with Crippen molar-refractivity contribution in [1.29, 1.82) is 0 Å². The van der Waals surface area contributed by atoms with Crippen molar-refractivity contribution < 1.29 is 0 Å². The topological polar surface area (TPSA) is 58.9 Å². The van der Waals surface area contributed by atoms with Gasteiger partial charge in [-0.2, -0.15) is 0 Å². The lowest BCUT2D eigenvalue weighted by Crippen LogP contribution is -2.13. The molecule has 1 saturated carbocycles. The quantitative estimate of drug-likeness (QED) is 0.752. The molecule has 0 amide bonds. The van der Waals surface area contributed by atoms with Crippen LogP contribution >= 0.6 is 0 Å². The van der Waals surface area contributed by atoms with Crippen molar-refractivity contribution in [3.63, 3.8) is 0 Å². The third-order valence-electron chi connectivity index (χ3n) is 4.69. The van der Waals surface area contributed by atoms with Crippen LogP contribution in [0.15, 0.2) is 65.5 Å². The van der Waals surface area contributed by atoms with Crippen molar-refractivity contribution >= 4 is 5.69 Å². The van der Waals surface area contributed by atoms with Gasteiger partial charge >= 0.3 is 0 Å². The van der Waals surface area contributed by atoms with Crippen LogP contribution in [0.2, 0.25) is 0 Å². The molecule has 1 fully saturated rings. The van der Waals surface area contributed by atoms with E-state index in [1.54, 1.807) is 6.07 Å². The molecule has 1 radical (unpaired) electrons. The summed E-state index contributed by atoms with van der Waals surface area (Å²) in [6.07, 6.45) is 3.70. The minimum atomic E-state index is -0.248. The monoisotopic (exact) mass is 315 g/mol. The standard InChI is InChI=1S/C21H19N2O/c22-19-13-18(16-5-2-1-3-6-16)20(23-21(19)24)17-11-9-15(10-12-17)14-7-4-8-14/h1-3,5-6,9-13H,4,7-8,22H2,(H,23,24). The van der Waals surface area contributed by atoms with Crippen LogP contribution < -0.4 is 11.3 Å². The van der Waals surface area contributed by atoms with Crippen LogP contribution in [0.4, 0.5) is 5.69 Å². The fourth-order valence-electron chi connectivity index (χ4n) is 3.13. The van der Waals surface area contributed by atoms with Crippen molar-refractivity contribution in [2.75, 3.05) is 5.73 Å². The molecular weight excluding hydrogens is 296 g/mol. The first kappa shape index (κ1) is 14.8. The Labute approximate surface area is 141 Å². The smallest absolute Gasteiger partial charge is 0.271 e. The highest BCUT2D eigenvalue weighted by Gasteiger charge is 2.20. The predicted molar refractivity (Wildman–Crippen MR) is 98.5 cm³/mol. The van der Waals surface area contributed by atoms with Crippen molar-refractivity contribution in [2.24, 2.45) is 0 Å². The summed E-state index contributed by atoms with van der Waals surface area (Å²) in [6, 6.07) is 20.2. The summed E-state index contributed by atoms with van der Waals surface area (Å²) in [7, 11) is 0. The number of nitrogens with two attached hydrogens (primary N) is 1. The Morgan fingerprint density at radius 1 is 0.833 bits per heavy atom. The number of hydrogen-bond donors (Lipinski definition) is 2. The second-order valence-electron chi connectivity index (χ2n) is 6.24. The lowest BCUT2D eigenvalue weighted by molar-refractivity contribution is 0.577. The van der Waals surface area contributed by atoms with E-state index in [2.05, 4.69) is 29.2 Å². The molecule has 3 nitrogen and oxygen atoms in total. The average molecular weight is 315 g/mol. The first-order valence-corrected chi connectivity index (χ1v) is 8.26. The number of rotatable bonds is 3. The Balaban J connectivity index is 1.82. The van der Waals surface area contributed by atoms with E-state index >= 15 is 0 Å². The molecule has 1 aromatic heterocycles. The molecule has 0 spiro atoms. The molecule has 3 heteroatoms. The van der Waals surface area contributed by atoms with E-state index in [0.29, 0.717) is 0 Å². The molecule has 24 heavy (non-hydrogen) atoms. The zero-order chi connectivity index (χ0) is 16.5. The molecule has 3 aromatic rings. The average Bonchev–Trinajstić information content (AvgIpc) is 2.57. The van der Waals surface area contributed by atoms with Crippen LogP contribution in [-0.4, -0.2) is 4.98 Å². The van der Waals surface area contributed by atoms with E-state index in [0.717, 1.165) is 22.4 Å². The molecular formula is C21H19N2O. The SMILES string of the molecule is Nc1cc(-c2ccccc2)c(-c2ccc([C]3CCC3)cc2)[nH]c1=O. The van der Waals surface area contributed by atoms with E-state index in [9.17, 15) is 4.79 Å². The highest BCUT2D eigenvalue weighted by Crippen LogP contribution is 2.37. The minimum Gasteiger partial charge on any atom is -0.394 e. The maximum absolute atomic E-state index is 12.0. The Hall–Kier alpha value is -2.81. The van der Waals surface area contributed by atoms with Crippen LogP contribution in [0.5, 0.6) is 0 Å². The van der Waals surface area contributed by atoms with Gasteiger partial charge in [-0.15, -0.1) is 0 Å². The Morgan fingerprint density at radius 2 is 1.50 bits per heavy atom. The number of pyridine rings is 1. The van der Waals surface area contributed by atoms with Crippen molar-refractivity contribution in [2.45, 2.75) is 19.3 Å². The Morgan fingerprint density at radius 3 is 2.12 bits per heavy atom. The number of nitrogens with one attached hydrogen (secondary N) is 1. The fourth-order valence-corrected chi connectivity index (χ4v) is 3.13. The van der Waals surface area contributed by atoms with E-state index < -0.39 is 0 Å². The molecule has 0 atom stereocenters. The number of hydrogen-bond acceptors (Lipinski definition) is 2. The van der Waals surface area contributed by atoms with Gasteiger partial charge in [-0.25, -0.2) is 0 Å². The van der Waals surface area contributed by atoms with E-state index in [1.165, 1.54) is 30.7 Å². The lowest BCUT2D eigenvalue weighted by Gasteiger charge is -2.25. The first-order valence-electron chi connectivity index (χ1n) is 8.26. The van der Waals surface area contributed by atoms with Crippen LogP contribution in [0, 0.1) is 5.92 Å². The molecule has 1 heterocycles. The molecule has 119 valence electrons. The second-order valence-corrected chi connectivity index (χ2v) is 6.24. The molecule has 2 aromatic carbocycles. The molecule has 0 aliphatic heterocycles. The maximum atomic E-state index is 12.0. The van der Waals surface area contributed by atoms with E-state index in [-0.39, 0.29) is 11.2 Å². The highest BCUT2D eigenvalue weighted by molar-refractivity contribution is 5.82. The third kappa shape index (κ3) is 2.62.